The Hall–Kier alpha value is -3.84. The molecule has 6 nitrogen and oxygen atoms in total. The number of carbonyl (C=O) groups is 3. The van der Waals surface area contributed by atoms with Crippen LogP contribution >= 0.6 is 11.8 Å². The molecule has 0 unspecified atom stereocenters. The van der Waals surface area contributed by atoms with E-state index in [4.69, 9.17) is 9.47 Å². The smallest absolute Gasteiger partial charge is 0.343 e. The van der Waals surface area contributed by atoms with E-state index in [1.165, 1.54) is 12.0 Å². The summed E-state index contributed by atoms with van der Waals surface area (Å²) in [5.74, 6) is -0.420. The van der Waals surface area contributed by atoms with Crippen LogP contribution in [0.1, 0.15) is 32.6 Å². The molecule has 2 amide bonds. The molecule has 3 aromatic carbocycles. The van der Waals surface area contributed by atoms with Crippen molar-refractivity contribution in [2.24, 2.45) is 0 Å². The lowest BCUT2D eigenvalue weighted by molar-refractivity contribution is -0.123. The number of nitrogens with zero attached hydrogens (tertiary/aromatic N) is 1. The maximum absolute atomic E-state index is 13.0. The molecule has 34 heavy (non-hydrogen) atoms. The van der Waals surface area contributed by atoms with Gasteiger partial charge in [-0.3, -0.25) is 14.5 Å². The minimum absolute atomic E-state index is 0.182. The first kappa shape index (κ1) is 23.3. The molecule has 0 bridgehead atoms. The van der Waals surface area contributed by atoms with Gasteiger partial charge in [-0.05, 0) is 55.4 Å². The van der Waals surface area contributed by atoms with Crippen LogP contribution in [0, 0.1) is 13.8 Å². The van der Waals surface area contributed by atoms with Crippen LogP contribution < -0.4 is 9.47 Å². The van der Waals surface area contributed by atoms with Gasteiger partial charge in [-0.25, -0.2) is 4.79 Å². The van der Waals surface area contributed by atoms with Crippen molar-refractivity contribution in [3.8, 4) is 11.5 Å². The zero-order valence-electron chi connectivity index (χ0n) is 19.0. The summed E-state index contributed by atoms with van der Waals surface area (Å²) in [5.41, 5.74) is 3.80. The first-order valence-corrected chi connectivity index (χ1v) is 11.4. The second kappa shape index (κ2) is 9.97. The summed E-state index contributed by atoms with van der Waals surface area (Å²) in [7, 11) is 1.47. The van der Waals surface area contributed by atoms with Crippen LogP contribution in [-0.4, -0.2) is 29.1 Å². The number of benzene rings is 3. The number of rotatable bonds is 6. The first-order valence-electron chi connectivity index (χ1n) is 10.6. The van der Waals surface area contributed by atoms with Crippen molar-refractivity contribution in [2.75, 3.05) is 7.11 Å². The van der Waals surface area contributed by atoms with E-state index in [0.717, 1.165) is 28.5 Å². The first-order chi connectivity index (χ1) is 16.4. The van der Waals surface area contributed by atoms with Crippen LogP contribution in [0.15, 0.2) is 71.6 Å². The van der Waals surface area contributed by atoms with Crippen molar-refractivity contribution in [1.29, 1.82) is 0 Å². The van der Waals surface area contributed by atoms with Gasteiger partial charge in [0.2, 0.25) is 0 Å². The van der Waals surface area contributed by atoms with Crippen molar-refractivity contribution in [2.45, 2.75) is 20.4 Å². The fourth-order valence-electron chi connectivity index (χ4n) is 3.53. The van der Waals surface area contributed by atoms with Gasteiger partial charge in [-0.15, -0.1) is 0 Å². The van der Waals surface area contributed by atoms with Crippen LogP contribution in [0.25, 0.3) is 6.08 Å². The minimum Gasteiger partial charge on any atom is -0.493 e. The van der Waals surface area contributed by atoms with Crippen LogP contribution in [0.5, 0.6) is 11.5 Å². The Morgan fingerprint density at radius 1 is 0.971 bits per heavy atom. The summed E-state index contributed by atoms with van der Waals surface area (Å²) >= 11 is 0.856. The third-order valence-electron chi connectivity index (χ3n) is 5.29. The third kappa shape index (κ3) is 5.05. The Balaban J connectivity index is 1.62. The van der Waals surface area contributed by atoms with E-state index >= 15 is 0 Å². The molecule has 3 aromatic rings. The van der Waals surface area contributed by atoms with Gasteiger partial charge in [0.25, 0.3) is 11.1 Å². The van der Waals surface area contributed by atoms with Crippen molar-refractivity contribution < 1.29 is 23.9 Å². The Bertz CT molecular complexity index is 1300. The predicted octanol–water partition coefficient (Wildman–Crippen LogP) is 5.77. The van der Waals surface area contributed by atoms with Gasteiger partial charge in [0.15, 0.2) is 11.5 Å². The molecular formula is C27H23NO5S. The zero-order chi connectivity index (χ0) is 24.2. The van der Waals surface area contributed by atoms with E-state index in [-0.39, 0.29) is 22.4 Å². The van der Waals surface area contributed by atoms with E-state index in [9.17, 15) is 14.4 Å². The summed E-state index contributed by atoms with van der Waals surface area (Å²) in [6.45, 7) is 4.08. The number of aryl methyl sites for hydroxylation is 2. The number of methoxy groups -OCH3 is 1. The van der Waals surface area contributed by atoms with Crippen molar-refractivity contribution in [1.82, 2.24) is 4.90 Å². The summed E-state index contributed by atoms with van der Waals surface area (Å²) in [5, 5.41) is -0.348. The molecule has 1 aliphatic heterocycles. The number of para-hydroxylation sites is 1. The largest absolute Gasteiger partial charge is 0.493 e. The number of imide groups is 1. The molecule has 1 saturated heterocycles. The van der Waals surface area contributed by atoms with Crippen molar-refractivity contribution >= 4 is 35.0 Å². The molecule has 0 atom stereocenters. The quantitative estimate of drug-likeness (QED) is 0.257. The van der Waals surface area contributed by atoms with Gasteiger partial charge in [0.05, 0.1) is 24.1 Å². The maximum Gasteiger partial charge on any atom is 0.343 e. The van der Waals surface area contributed by atoms with Gasteiger partial charge in [0, 0.05) is 5.56 Å². The number of thioether (sulfide) groups is 1. The maximum atomic E-state index is 13.0. The van der Waals surface area contributed by atoms with E-state index in [2.05, 4.69) is 0 Å². The molecule has 1 fully saturated rings. The Labute approximate surface area is 202 Å². The zero-order valence-corrected chi connectivity index (χ0v) is 19.8. The molecule has 172 valence electrons. The van der Waals surface area contributed by atoms with Gasteiger partial charge in [0.1, 0.15) is 0 Å². The monoisotopic (exact) mass is 473 g/mol. The van der Waals surface area contributed by atoms with Gasteiger partial charge in [-0.1, -0.05) is 59.7 Å². The summed E-state index contributed by atoms with van der Waals surface area (Å²) in [4.78, 5) is 39.8. The fraction of sp³-hybridized carbons (Fsp3) is 0.148. The van der Waals surface area contributed by atoms with Crippen LogP contribution in [0.4, 0.5) is 4.79 Å². The standard InChI is InChI=1S/C27H23NO5S/c1-17-10-12-20(13-11-17)26(30)33-24-21(8-5-9-22(24)32-3)15-23-25(29)28(27(31)34-23)16-19-7-4-6-18(2)14-19/h4-15H,16H2,1-3H3/b23-15-. The van der Waals surface area contributed by atoms with E-state index in [0.29, 0.717) is 16.9 Å². The Morgan fingerprint density at radius 3 is 2.41 bits per heavy atom. The molecule has 1 aliphatic rings. The Kier molecular flexibility index (Phi) is 6.84. The highest BCUT2D eigenvalue weighted by Crippen LogP contribution is 2.38. The summed E-state index contributed by atoms with van der Waals surface area (Å²) < 4.78 is 11.1. The molecule has 0 aliphatic carbocycles. The minimum atomic E-state index is -0.549. The van der Waals surface area contributed by atoms with Crippen LogP contribution in [-0.2, 0) is 11.3 Å². The third-order valence-corrected chi connectivity index (χ3v) is 6.20. The van der Waals surface area contributed by atoms with Crippen molar-refractivity contribution in [3.05, 3.63) is 99.5 Å². The van der Waals surface area contributed by atoms with Gasteiger partial charge in [-0.2, -0.15) is 0 Å². The SMILES string of the molecule is COc1cccc(/C=C2\SC(=O)N(Cc3cccc(C)c3)C2=O)c1OC(=O)c1ccc(C)cc1. The summed E-state index contributed by atoms with van der Waals surface area (Å²) in [6, 6.07) is 19.8. The van der Waals surface area contributed by atoms with Crippen LogP contribution in [0.3, 0.4) is 0 Å². The van der Waals surface area contributed by atoms with Crippen LogP contribution in [0.2, 0.25) is 0 Å². The topological polar surface area (TPSA) is 72.9 Å². The molecule has 7 heteroatoms. The average Bonchev–Trinajstić information content (AvgIpc) is 3.08. The highest BCUT2D eigenvalue weighted by atomic mass is 32.2. The molecule has 0 spiro atoms. The molecule has 1 heterocycles. The highest BCUT2D eigenvalue weighted by Gasteiger charge is 2.35. The molecule has 0 N–H and O–H groups in total. The second-order valence-corrected chi connectivity index (χ2v) is 8.88. The number of ether oxygens (including phenoxy) is 2. The number of hydrogen-bond donors (Lipinski definition) is 0. The molecule has 0 saturated carbocycles. The lowest BCUT2D eigenvalue weighted by Crippen LogP contribution is -2.27. The second-order valence-electron chi connectivity index (χ2n) is 7.89. The number of hydrogen-bond acceptors (Lipinski definition) is 6. The normalized spacial score (nSPS) is 14.6. The molecule has 0 aromatic heterocycles. The Morgan fingerprint density at radius 2 is 1.71 bits per heavy atom. The number of carbonyl (C=O) groups excluding carboxylic acids is 3. The van der Waals surface area contributed by atoms with E-state index < -0.39 is 11.9 Å². The van der Waals surface area contributed by atoms with Crippen molar-refractivity contribution in [3.63, 3.8) is 0 Å². The average molecular weight is 474 g/mol. The molecular weight excluding hydrogens is 450 g/mol. The van der Waals surface area contributed by atoms with Gasteiger partial charge >= 0.3 is 5.97 Å². The molecule has 0 radical (unpaired) electrons. The summed E-state index contributed by atoms with van der Waals surface area (Å²) in [6.07, 6.45) is 1.56. The number of esters is 1. The lowest BCUT2D eigenvalue weighted by atomic mass is 10.1. The highest BCUT2D eigenvalue weighted by molar-refractivity contribution is 8.18. The predicted molar refractivity (Wildman–Crippen MR) is 132 cm³/mol. The van der Waals surface area contributed by atoms with E-state index in [1.54, 1.807) is 36.4 Å². The lowest BCUT2D eigenvalue weighted by Gasteiger charge is -2.13. The molecule has 4 rings (SSSR count). The van der Waals surface area contributed by atoms with E-state index in [1.807, 2.05) is 50.2 Å². The number of amides is 2. The van der Waals surface area contributed by atoms with Gasteiger partial charge < -0.3 is 9.47 Å². The fourth-order valence-corrected chi connectivity index (χ4v) is 4.36.